The number of hydrogen-bond acceptors (Lipinski definition) is 2. The molecule has 0 aromatic rings. The molecule has 0 aliphatic heterocycles. The monoisotopic (exact) mass is 224 g/mol. The van der Waals surface area contributed by atoms with Gasteiger partial charge in [0.15, 0.2) is 0 Å². The molecule has 0 aromatic heterocycles. The maximum atomic E-state index is 3.38. The summed E-state index contributed by atoms with van der Waals surface area (Å²) >= 11 is 0. The highest BCUT2D eigenvalue weighted by Crippen LogP contribution is 2.41. The van der Waals surface area contributed by atoms with Crippen LogP contribution < -0.4 is 5.32 Å². The molecule has 0 radical (unpaired) electrons. The summed E-state index contributed by atoms with van der Waals surface area (Å²) in [7, 11) is 4.41. The van der Waals surface area contributed by atoms with Gasteiger partial charge >= 0.3 is 0 Å². The topological polar surface area (TPSA) is 15.3 Å². The van der Waals surface area contributed by atoms with Gasteiger partial charge in [-0.05, 0) is 51.2 Å². The van der Waals surface area contributed by atoms with Crippen LogP contribution in [0.25, 0.3) is 0 Å². The molecule has 16 heavy (non-hydrogen) atoms. The minimum atomic E-state index is 0.614. The van der Waals surface area contributed by atoms with Crippen LogP contribution >= 0.6 is 0 Å². The normalized spacial score (nSPS) is 24.2. The van der Waals surface area contributed by atoms with Crippen molar-refractivity contribution in [1.29, 1.82) is 0 Å². The lowest BCUT2D eigenvalue weighted by Gasteiger charge is -2.44. The number of nitrogens with one attached hydrogen (secondary N) is 1. The zero-order valence-electron chi connectivity index (χ0n) is 11.1. The molecule has 2 rings (SSSR count). The van der Waals surface area contributed by atoms with Gasteiger partial charge in [-0.1, -0.05) is 25.7 Å². The van der Waals surface area contributed by atoms with E-state index in [0.29, 0.717) is 5.41 Å². The Labute approximate surface area is 101 Å². The zero-order valence-corrected chi connectivity index (χ0v) is 11.1. The smallest absolute Gasteiger partial charge is 0.00471 e. The Balaban J connectivity index is 1.66. The van der Waals surface area contributed by atoms with Crippen molar-refractivity contribution < 1.29 is 0 Å². The molecular formula is C14H28N2. The fourth-order valence-electron chi connectivity index (χ4n) is 3.28. The van der Waals surface area contributed by atoms with Crippen molar-refractivity contribution in [3.63, 3.8) is 0 Å². The van der Waals surface area contributed by atoms with E-state index in [2.05, 4.69) is 24.3 Å². The first-order valence-electron chi connectivity index (χ1n) is 7.07. The highest BCUT2D eigenvalue weighted by atomic mass is 15.1. The van der Waals surface area contributed by atoms with Crippen LogP contribution in [-0.4, -0.2) is 38.6 Å². The average molecular weight is 224 g/mol. The number of hydrogen-bond donors (Lipinski definition) is 1. The van der Waals surface area contributed by atoms with Crippen molar-refractivity contribution in [2.24, 2.45) is 11.3 Å². The maximum Gasteiger partial charge on any atom is 0.00471 e. The maximum absolute atomic E-state index is 3.38. The highest BCUT2D eigenvalue weighted by Gasteiger charge is 2.37. The van der Waals surface area contributed by atoms with Crippen LogP contribution in [0.3, 0.4) is 0 Å². The minimum absolute atomic E-state index is 0.614. The third-order valence-electron chi connectivity index (χ3n) is 4.72. The third-order valence-corrected chi connectivity index (χ3v) is 4.72. The summed E-state index contributed by atoms with van der Waals surface area (Å²) in [5, 5.41) is 3.38. The van der Waals surface area contributed by atoms with Crippen molar-refractivity contribution in [3.05, 3.63) is 0 Å². The summed E-state index contributed by atoms with van der Waals surface area (Å²) in [6, 6.07) is 0. The van der Waals surface area contributed by atoms with E-state index in [1.165, 1.54) is 64.6 Å². The van der Waals surface area contributed by atoms with E-state index in [0.717, 1.165) is 5.92 Å². The first-order chi connectivity index (χ1) is 7.74. The van der Waals surface area contributed by atoms with Crippen LogP contribution in [0.2, 0.25) is 0 Å². The molecule has 2 aliphatic carbocycles. The molecule has 0 bridgehead atoms. The van der Waals surface area contributed by atoms with Gasteiger partial charge in [0.25, 0.3) is 0 Å². The lowest BCUT2D eigenvalue weighted by molar-refractivity contribution is 0.0749. The molecule has 2 aliphatic rings. The number of nitrogens with zero attached hydrogens (tertiary/aromatic N) is 1. The predicted octanol–water partition coefficient (Wildman–Crippen LogP) is 2.50. The van der Waals surface area contributed by atoms with E-state index in [9.17, 15) is 0 Å². The predicted molar refractivity (Wildman–Crippen MR) is 69.7 cm³/mol. The molecule has 0 atom stereocenters. The first kappa shape index (κ1) is 12.4. The van der Waals surface area contributed by atoms with E-state index in [4.69, 9.17) is 0 Å². The molecule has 2 saturated carbocycles. The molecule has 2 fully saturated rings. The molecule has 0 amide bonds. The van der Waals surface area contributed by atoms with Crippen molar-refractivity contribution >= 4 is 0 Å². The van der Waals surface area contributed by atoms with E-state index in [1.807, 2.05) is 0 Å². The van der Waals surface area contributed by atoms with Crippen LogP contribution in [0.4, 0.5) is 0 Å². The molecule has 1 N–H and O–H groups in total. The quantitative estimate of drug-likeness (QED) is 0.715. The Bertz CT molecular complexity index is 207. The van der Waals surface area contributed by atoms with Gasteiger partial charge in [0.05, 0.1) is 0 Å². The fourth-order valence-corrected chi connectivity index (χ4v) is 3.28. The van der Waals surface area contributed by atoms with Crippen LogP contribution in [0.15, 0.2) is 0 Å². The van der Waals surface area contributed by atoms with E-state index in [-0.39, 0.29) is 0 Å². The van der Waals surface area contributed by atoms with Crippen LogP contribution in [0.5, 0.6) is 0 Å². The van der Waals surface area contributed by atoms with Gasteiger partial charge in [-0.3, -0.25) is 0 Å². The molecular weight excluding hydrogens is 196 g/mol. The summed E-state index contributed by atoms with van der Waals surface area (Å²) in [4.78, 5) is 2.58. The molecule has 2 nitrogen and oxygen atoms in total. The summed E-state index contributed by atoms with van der Waals surface area (Å²) in [5.74, 6) is 1.06. The van der Waals surface area contributed by atoms with E-state index < -0.39 is 0 Å². The minimum Gasteiger partial charge on any atom is -0.319 e. The fraction of sp³-hybridized carbons (Fsp3) is 1.00. The largest absolute Gasteiger partial charge is 0.319 e. The second kappa shape index (κ2) is 5.50. The first-order valence-corrected chi connectivity index (χ1v) is 7.07. The Kier molecular flexibility index (Phi) is 4.26. The summed E-state index contributed by atoms with van der Waals surface area (Å²) in [6.45, 7) is 3.83. The van der Waals surface area contributed by atoms with Gasteiger partial charge in [-0.25, -0.2) is 0 Å². The summed E-state index contributed by atoms with van der Waals surface area (Å²) in [6.07, 6.45) is 10.2. The van der Waals surface area contributed by atoms with Crippen LogP contribution in [-0.2, 0) is 0 Å². The van der Waals surface area contributed by atoms with Gasteiger partial charge in [0, 0.05) is 13.1 Å². The third kappa shape index (κ3) is 2.98. The second-order valence-corrected chi connectivity index (χ2v) is 6.21. The van der Waals surface area contributed by atoms with E-state index >= 15 is 0 Å². The lowest BCUT2D eigenvalue weighted by Crippen LogP contribution is -2.47. The van der Waals surface area contributed by atoms with Gasteiger partial charge < -0.3 is 10.2 Å². The molecule has 0 spiro atoms. The van der Waals surface area contributed by atoms with Gasteiger partial charge in [0.1, 0.15) is 0 Å². The van der Waals surface area contributed by atoms with Gasteiger partial charge in [0.2, 0.25) is 0 Å². The Morgan fingerprint density at radius 3 is 2.44 bits per heavy atom. The van der Waals surface area contributed by atoms with Crippen molar-refractivity contribution in [2.45, 2.75) is 44.9 Å². The van der Waals surface area contributed by atoms with Crippen LogP contribution in [0.1, 0.15) is 44.9 Å². The standard InChI is InChI=1S/C14H28N2/c1-15-11-14(8-4-9-14)12-16(2)10-7-13-5-3-6-13/h13,15H,3-12H2,1-2H3. The molecule has 94 valence electrons. The Morgan fingerprint density at radius 2 is 2.00 bits per heavy atom. The average Bonchev–Trinajstić information content (AvgIpc) is 2.12. The molecule has 2 heteroatoms. The highest BCUT2D eigenvalue weighted by molar-refractivity contribution is 4.91. The van der Waals surface area contributed by atoms with Crippen molar-refractivity contribution in [2.75, 3.05) is 33.7 Å². The van der Waals surface area contributed by atoms with Gasteiger partial charge in [-0.2, -0.15) is 0 Å². The number of rotatable bonds is 7. The van der Waals surface area contributed by atoms with Crippen molar-refractivity contribution in [1.82, 2.24) is 10.2 Å². The summed E-state index contributed by atoms with van der Waals surface area (Å²) in [5.41, 5.74) is 0.614. The van der Waals surface area contributed by atoms with Gasteiger partial charge in [-0.15, -0.1) is 0 Å². The Hall–Kier alpha value is -0.0800. The zero-order chi connectivity index (χ0) is 11.4. The molecule has 0 unspecified atom stereocenters. The van der Waals surface area contributed by atoms with Crippen LogP contribution in [0, 0.1) is 11.3 Å². The SMILES string of the molecule is CNCC1(CN(C)CCC2CCC2)CCC1. The second-order valence-electron chi connectivity index (χ2n) is 6.21. The molecule has 0 heterocycles. The van der Waals surface area contributed by atoms with E-state index in [1.54, 1.807) is 0 Å². The molecule has 0 aromatic carbocycles. The Morgan fingerprint density at radius 1 is 1.25 bits per heavy atom. The van der Waals surface area contributed by atoms with Crippen molar-refractivity contribution in [3.8, 4) is 0 Å². The molecule has 0 saturated heterocycles. The summed E-state index contributed by atoms with van der Waals surface area (Å²) < 4.78 is 0. The lowest BCUT2D eigenvalue weighted by atomic mass is 9.68.